The van der Waals surface area contributed by atoms with E-state index >= 15 is 0 Å². The highest BCUT2D eigenvalue weighted by molar-refractivity contribution is 7.99. The van der Waals surface area contributed by atoms with E-state index in [1.54, 1.807) is 5.17 Å². The van der Waals surface area contributed by atoms with Crippen LogP contribution in [-0.4, -0.2) is 17.5 Å². The molecule has 0 saturated carbocycles. The van der Waals surface area contributed by atoms with Gasteiger partial charge in [-0.05, 0) is 32.4 Å². The molecule has 19 heavy (non-hydrogen) atoms. The van der Waals surface area contributed by atoms with Crippen LogP contribution in [0.25, 0.3) is 11.9 Å². The van der Waals surface area contributed by atoms with E-state index in [1.165, 1.54) is 20.9 Å². The summed E-state index contributed by atoms with van der Waals surface area (Å²) < 4.78 is 0. The minimum atomic E-state index is 0.636. The number of nitrogens with zero attached hydrogens (tertiary/aromatic N) is 1. The smallest absolute Gasteiger partial charge is 0.0742 e. The summed E-state index contributed by atoms with van der Waals surface area (Å²) in [4.78, 5) is 6.85. The number of benzene rings is 1. The van der Waals surface area contributed by atoms with Crippen LogP contribution in [0.3, 0.4) is 0 Å². The molecule has 1 aromatic carbocycles. The van der Waals surface area contributed by atoms with Gasteiger partial charge in [0.15, 0.2) is 0 Å². The minimum Gasteiger partial charge on any atom is -0.281 e. The predicted octanol–water partition coefficient (Wildman–Crippen LogP) is 1.91. The molecule has 1 heterocycles. The molecule has 0 spiro atoms. The molecule has 0 aromatic heterocycles. The molecule has 102 valence electrons. The molecule has 0 bridgehead atoms. The van der Waals surface area contributed by atoms with Crippen molar-refractivity contribution in [3.05, 3.63) is 40.8 Å². The van der Waals surface area contributed by atoms with E-state index in [4.69, 9.17) is 4.84 Å². The van der Waals surface area contributed by atoms with Gasteiger partial charge in [0.05, 0.1) is 12.3 Å². The first-order valence-corrected chi connectivity index (χ1v) is 7.41. The Bertz CT molecular complexity index is 595. The van der Waals surface area contributed by atoms with E-state index in [0.29, 0.717) is 6.61 Å². The van der Waals surface area contributed by atoms with Gasteiger partial charge in [0.2, 0.25) is 0 Å². The lowest BCUT2D eigenvalue weighted by atomic mass is 10.1. The Balaban J connectivity index is 2.53. The highest BCUT2D eigenvalue weighted by atomic mass is 32.2. The lowest BCUT2D eigenvalue weighted by molar-refractivity contribution is -0.130. The topological polar surface area (TPSA) is 24.5 Å². The molecule has 4 heteroatoms. The Morgan fingerprint density at radius 2 is 2.21 bits per heavy atom. The highest BCUT2D eigenvalue weighted by Crippen LogP contribution is 2.19. The molecule has 0 amide bonds. The maximum absolute atomic E-state index is 5.56. The van der Waals surface area contributed by atoms with Crippen molar-refractivity contribution in [2.75, 3.05) is 12.4 Å². The van der Waals surface area contributed by atoms with Crippen molar-refractivity contribution < 1.29 is 4.84 Å². The molecule has 3 nitrogen and oxygen atoms in total. The van der Waals surface area contributed by atoms with Crippen molar-refractivity contribution in [2.24, 2.45) is 0 Å². The number of hydrogen-bond acceptors (Lipinski definition) is 4. The van der Waals surface area contributed by atoms with E-state index < -0.39 is 0 Å². The summed E-state index contributed by atoms with van der Waals surface area (Å²) in [6.45, 7) is 10.6. The van der Waals surface area contributed by atoms with Crippen molar-refractivity contribution in [1.82, 2.24) is 10.6 Å². The van der Waals surface area contributed by atoms with Crippen molar-refractivity contribution in [3.63, 3.8) is 0 Å². The summed E-state index contributed by atoms with van der Waals surface area (Å²) in [6.07, 6.45) is 3.91. The number of hydrogen-bond donors (Lipinski definition) is 1. The van der Waals surface area contributed by atoms with Crippen LogP contribution in [0.15, 0.2) is 29.7 Å². The Hall–Kier alpha value is -1.39. The zero-order chi connectivity index (χ0) is 13.8. The van der Waals surface area contributed by atoms with Crippen LogP contribution in [0.1, 0.15) is 19.4 Å². The molecule has 0 fully saturated rings. The zero-order valence-corrected chi connectivity index (χ0v) is 12.5. The molecule has 1 N–H and O–H groups in total. The van der Waals surface area contributed by atoms with Gasteiger partial charge in [0, 0.05) is 27.3 Å². The van der Waals surface area contributed by atoms with Crippen molar-refractivity contribution in [1.29, 1.82) is 0 Å². The summed E-state index contributed by atoms with van der Waals surface area (Å²) in [6, 6.07) is 4.32. The molecule has 1 aliphatic rings. The van der Waals surface area contributed by atoms with E-state index in [2.05, 4.69) is 38.0 Å². The van der Waals surface area contributed by atoms with Gasteiger partial charge in [-0.25, -0.2) is 0 Å². The van der Waals surface area contributed by atoms with E-state index in [9.17, 15) is 0 Å². The first-order valence-electron chi connectivity index (χ1n) is 6.42. The molecular weight excluding hydrogens is 256 g/mol. The molecule has 1 aromatic rings. The second kappa shape index (κ2) is 6.17. The Kier molecular flexibility index (Phi) is 4.56. The van der Waals surface area contributed by atoms with Crippen LogP contribution in [-0.2, 0) is 4.84 Å². The summed E-state index contributed by atoms with van der Waals surface area (Å²) in [5.41, 5.74) is 5.53. The van der Waals surface area contributed by atoms with Gasteiger partial charge in [-0.1, -0.05) is 12.1 Å². The van der Waals surface area contributed by atoms with E-state index in [0.717, 1.165) is 11.4 Å². The third kappa shape index (κ3) is 2.80. The van der Waals surface area contributed by atoms with Gasteiger partial charge in [-0.3, -0.25) is 10.3 Å². The first-order chi connectivity index (χ1) is 9.19. The molecule has 1 aliphatic heterocycles. The number of hydrazine groups is 1. The number of rotatable bonds is 5. The van der Waals surface area contributed by atoms with Gasteiger partial charge in [-0.15, -0.1) is 18.3 Å². The Morgan fingerprint density at radius 3 is 2.89 bits per heavy atom. The molecule has 0 unspecified atom stereocenters. The molecule has 2 rings (SSSR count). The normalized spacial score (nSPS) is 13.6. The molecule has 0 radical (unpaired) electrons. The average Bonchev–Trinajstić information content (AvgIpc) is 2.41. The second-order valence-corrected chi connectivity index (χ2v) is 5.39. The summed E-state index contributed by atoms with van der Waals surface area (Å²) in [5.74, 6) is 0.926. The van der Waals surface area contributed by atoms with Crippen LogP contribution in [0, 0.1) is 6.92 Å². The minimum absolute atomic E-state index is 0.636. The monoisotopic (exact) mass is 276 g/mol. The van der Waals surface area contributed by atoms with Crippen molar-refractivity contribution in [2.45, 2.75) is 25.7 Å². The van der Waals surface area contributed by atoms with Crippen LogP contribution >= 0.6 is 11.8 Å². The maximum atomic E-state index is 5.56. The van der Waals surface area contributed by atoms with Gasteiger partial charge in [0.25, 0.3) is 0 Å². The summed E-state index contributed by atoms with van der Waals surface area (Å²) in [7, 11) is 0. The van der Waals surface area contributed by atoms with Crippen LogP contribution in [0.5, 0.6) is 0 Å². The third-order valence-corrected chi connectivity index (χ3v) is 4.22. The quantitative estimate of drug-likeness (QED) is 0.656. The highest BCUT2D eigenvalue weighted by Gasteiger charge is 2.12. The zero-order valence-electron chi connectivity index (χ0n) is 11.7. The second-order valence-electron chi connectivity index (χ2n) is 4.32. The van der Waals surface area contributed by atoms with Gasteiger partial charge in [-0.2, -0.15) is 5.17 Å². The van der Waals surface area contributed by atoms with Crippen LogP contribution in [0.2, 0.25) is 0 Å². The Morgan fingerprint density at radius 1 is 1.42 bits per heavy atom. The van der Waals surface area contributed by atoms with Crippen molar-refractivity contribution in [3.8, 4) is 0 Å². The van der Waals surface area contributed by atoms with Crippen LogP contribution in [0.4, 0.5) is 0 Å². The van der Waals surface area contributed by atoms with Gasteiger partial charge in [0.1, 0.15) is 0 Å². The summed E-state index contributed by atoms with van der Waals surface area (Å²) in [5, 5.41) is 4.19. The molecule has 0 aliphatic carbocycles. The lowest BCUT2D eigenvalue weighted by Gasteiger charge is -2.26. The number of nitrogens with one attached hydrogen (secondary N) is 1. The first kappa shape index (κ1) is 14.0. The fraction of sp³-hybridized carbons (Fsp3) is 0.333. The molecule has 0 atom stereocenters. The lowest BCUT2D eigenvalue weighted by Crippen LogP contribution is -2.46. The third-order valence-electron chi connectivity index (χ3n) is 3.07. The van der Waals surface area contributed by atoms with Gasteiger partial charge >= 0.3 is 0 Å². The fourth-order valence-corrected chi connectivity index (χ4v) is 2.99. The summed E-state index contributed by atoms with van der Waals surface area (Å²) >= 11 is 1.81. The maximum Gasteiger partial charge on any atom is 0.0742 e. The Labute approximate surface area is 118 Å². The SMILES string of the molecule is C=CCSc1ccc2c(c1C)=C(C)N(OCC)NC=2. The van der Waals surface area contributed by atoms with Crippen molar-refractivity contribution >= 4 is 23.7 Å². The molecular formula is C15H20N2OS. The standard InChI is InChI=1S/C15H20N2OS/c1-5-9-19-14-8-7-13-10-16-17(18-6-2)12(4)15(13)11(14)3/h5,7-8,10,16H,1,6,9H2,2-4H3. The van der Waals surface area contributed by atoms with E-state index in [-0.39, 0.29) is 0 Å². The average molecular weight is 276 g/mol. The largest absolute Gasteiger partial charge is 0.281 e. The fourth-order valence-electron chi connectivity index (χ4n) is 2.21. The molecule has 0 saturated heterocycles. The van der Waals surface area contributed by atoms with Crippen LogP contribution < -0.4 is 15.9 Å². The number of hydroxylamine groups is 1. The number of fused-ring (bicyclic) bond motifs is 1. The van der Waals surface area contributed by atoms with E-state index in [1.807, 2.05) is 31.0 Å². The van der Waals surface area contributed by atoms with Gasteiger partial charge < -0.3 is 0 Å². The number of thioether (sulfide) groups is 1. The predicted molar refractivity (Wildman–Crippen MR) is 81.5 cm³/mol.